The number of nitrogens with two attached hydrogens (primary N) is 1. The Kier molecular flexibility index (Phi) is 5.67. The minimum absolute atomic E-state index is 0.251. The van der Waals surface area contributed by atoms with Crippen molar-refractivity contribution >= 4 is 0 Å². The maximum atomic E-state index is 6.41. The van der Waals surface area contributed by atoms with Gasteiger partial charge in [-0.25, -0.2) is 0 Å². The van der Waals surface area contributed by atoms with Crippen LogP contribution in [0.1, 0.15) is 66.7 Å². The predicted octanol–water partition coefficient (Wildman–Crippen LogP) is 3.65. The Morgan fingerprint density at radius 2 is 1.78 bits per heavy atom. The first-order valence-electron chi connectivity index (χ1n) is 7.76. The molecule has 0 saturated heterocycles. The molecule has 4 atom stereocenters. The molecule has 108 valence electrons. The standard InChI is InChI=1S/C16H34N2/c1-7-13(17)15(16(3,4)5)18(6)14-11-9-8-10-12(14)2/h12-15H,7-11,17H2,1-6H3. The summed E-state index contributed by atoms with van der Waals surface area (Å²) in [6.45, 7) is 11.6. The molecule has 0 amide bonds. The number of likely N-dealkylation sites (N-methyl/N-ethyl adjacent to an activating group) is 1. The van der Waals surface area contributed by atoms with E-state index in [1.165, 1.54) is 25.7 Å². The first-order valence-corrected chi connectivity index (χ1v) is 7.76. The Bertz CT molecular complexity index is 244. The van der Waals surface area contributed by atoms with Crippen LogP contribution in [-0.2, 0) is 0 Å². The van der Waals surface area contributed by atoms with Gasteiger partial charge >= 0.3 is 0 Å². The molecule has 0 aromatic carbocycles. The second-order valence-electron chi connectivity index (χ2n) is 7.38. The molecule has 2 heteroatoms. The van der Waals surface area contributed by atoms with Crippen LogP contribution in [0.25, 0.3) is 0 Å². The third-order valence-corrected chi connectivity index (χ3v) is 4.79. The van der Waals surface area contributed by atoms with Crippen LogP contribution >= 0.6 is 0 Å². The number of hydrogen-bond donors (Lipinski definition) is 1. The van der Waals surface area contributed by atoms with Crippen molar-refractivity contribution in [2.75, 3.05) is 7.05 Å². The van der Waals surface area contributed by atoms with Crippen LogP contribution in [0.2, 0.25) is 0 Å². The molecule has 0 heterocycles. The third-order valence-electron chi connectivity index (χ3n) is 4.79. The van der Waals surface area contributed by atoms with Crippen LogP contribution in [-0.4, -0.2) is 30.1 Å². The fourth-order valence-electron chi connectivity index (χ4n) is 3.89. The van der Waals surface area contributed by atoms with Crippen LogP contribution in [0.15, 0.2) is 0 Å². The molecule has 4 unspecified atom stereocenters. The summed E-state index contributed by atoms with van der Waals surface area (Å²) in [6, 6.07) is 1.48. The van der Waals surface area contributed by atoms with Crippen molar-refractivity contribution in [3.05, 3.63) is 0 Å². The zero-order valence-electron chi connectivity index (χ0n) is 13.4. The highest BCUT2D eigenvalue weighted by Gasteiger charge is 2.37. The number of rotatable bonds is 4. The van der Waals surface area contributed by atoms with Gasteiger partial charge in [-0.15, -0.1) is 0 Å². The topological polar surface area (TPSA) is 29.3 Å². The van der Waals surface area contributed by atoms with Gasteiger partial charge in [-0.05, 0) is 37.6 Å². The Labute approximate surface area is 114 Å². The molecule has 0 spiro atoms. The lowest BCUT2D eigenvalue weighted by Gasteiger charge is -2.48. The van der Waals surface area contributed by atoms with Gasteiger partial charge in [-0.3, -0.25) is 4.90 Å². The van der Waals surface area contributed by atoms with Crippen molar-refractivity contribution in [2.45, 2.75) is 84.8 Å². The van der Waals surface area contributed by atoms with E-state index in [0.29, 0.717) is 6.04 Å². The minimum Gasteiger partial charge on any atom is -0.326 e. The molecule has 0 aromatic heterocycles. The molecule has 2 nitrogen and oxygen atoms in total. The molecule has 0 bridgehead atoms. The van der Waals surface area contributed by atoms with E-state index in [-0.39, 0.29) is 11.5 Å². The maximum absolute atomic E-state index is 6.41. The van der Waals surface area contributed by atoms with Crippen LogP contribution in [0.3, 0.4) is 0 Å². The Morgan fingerprint density at radius 3 is 2.22 bits per heavy atom. The quantitative estimate of drug-likeness (QED) is 0.830. The Balaban J connectivity index is 2.84. The third kappa shape index (κ3) is 3.71. The summed E-state index contributed by atoms with van der Waals surface area (Å²) in [5.74, 6) is 0.817. The van der Waals surface area contributed by atoms with Gasteiger partial charge < -0.3 is 5.73 Å². The van der Waals surface area contributed by atoms with Crippen LogP contribution in [0, 0.1) is 11.3 Å². The predicted molar refractivity (Wildman–Crippen MR) is 80.7 cm³/mol. The van der Waals surface area contributed by atoms with E-state index in [1.807, 2.05) is 0 Å². The van der Waals surface area contributed by atoms with E-state index in [0.717, 1.165) is 18.4 Å². The van der Waals surface area contributed by atoms with Gasteiger partial charge in [0.05, 0.1) is 0 Å². The largest absolute Gasteiger partial charge is 0.326 e. The number of nitrogens with zero attached hydrogens (tertiary/aromatic N) is 1. The lowest BCUT2D eigenvalue weighted by atomic mass is 9.77. The summed E-state index contributed by atoms with van der Waals surface area (Å²) in [7, 11) is 2.30. The van der Waals surface area contributed by atoms with E-state index in [2.05, 4.69) is 46.6 Å². The molecular formula is C16H34N2. The fourth-order valence-corrected chi connectivity index (χ4v) is 3.89. The smallest absolute Gasteiger partial charge is 0.0295 e. The maximum Gasteiger partial charge on any atom is 0.0295 e. The molecule has 2 N–H and O–H groups in total. The van der Waals surface area contributed by atoms with Crippen molar-refractivity contribution < 1.29 is 0 Å². The van der Waals surface area contributed by atoms with Crippen molar-refractivity contribution in [2.24, 2.45) is 17.1 Å². The van der Waals surface area contributed by atoms with E-state index in [9.17, 15) is 0 Å². The molecule has 0 radical (unpaired) electrons. The molecule has 0 aliphatic heterocycles. The zero-order chi connectivity index (χ0) is 13.9. The van der Waals surface area contributed by atoms with Crippen LogP contribution < -0.4 is 5.73 Å². The monoisotopic (exact) mass is 254 g/mol. The van der Waals surface area contributed by atoms with Crippen molar-refractivity contribution in [1.82, 2.24) is 4.90 Å². The molecular weight excluding hydrogens is 220 g/mol. The summed E-state index contributed by atoms with van der Waals surface area (Å²) >= 11 is 0. The average Bonchev–Trinajstić information content (AvgIpc) is 2.27. The fraction of sp³-hybridized carbons (Fsp3) is 1.00. The highest BCUT2D eigenvalue weighted by atomic mass is 15.2. The first kappa shape index (κ1) is 16.0. The summed E-state index contributed by atoms with van der Waals surface area (Å²) in [4.78, 5) is 2.61. The molecule has 1 fully saturated rings. The molecule has 18 heavy (non-hydrogen) atoms. The highest BCUT2D eigenvalue weighted by molar-refractivity contribution is 4.93. The van der Waals surface area contributed by atoms with Gasteiger partial charge in [0.15, 0.2) is 0 Å². The van der Waals surface area contributed by atoms with Gasteiger partial charge in [0.1, 0.15) is 0 Å². The van der Waals surface area contributed by atoms with Gasteiger partial charge in [0.2, 0.25) is 0 Å². The van der Waals surface area contributed by atoms with E-state index in [1.54, 1.807) is 0 Å². The van der Waals surface area contributed by atoms with E-state index in [4.69, 9.17) is 5.73 Å². The average molecular weight is 254 g/mol. The summed E-state index contributed by atoms with van der Waals surface area (Å²) in [6.07, 6.45) is 6.59. The second-order valence-corrected chi connectivity index (χ2v) is 7.38. The first-order chi connectivity index (χ1) is 8.29. The molecule has 1 aliphatic carbocycles. The lowest BCUT2D eigenvalue weighted by molar-refractivity contribution is 0.0266. The highest BCUT2D eigenvalue weighted by Crippen LogP contribution is 2.34. The van der Waals surface area contributed by atoms with Gasteiger partial charge in [-0.2, -0.15) is 0 Å². The molecule has 1 saturated carbocycles. The minimum atomic E-state index is 0.251. The molecule has 0 aromatic rings. The normalized spacial score (nSPS) is 29.3. The SMILES string of the molecule is CCC(N)C(N(C)C1CCCCC1C)C(C)(C)C. The second kappa shape index (κ2) is 6.38. The van der Waals surface area contributed by atoms with E-state index >= 15 is 0 Å². The van der Waals surface area contributed by atoms with Crippen LogP contribution in [0.5, 0.6) is 0 Å². The summed E-state index contributed by atoms with van der Waals surface area (Å²) in [5, 5.41) is 0. The van der Waals surface area contributed by atoms with Crippen molar-refractivity contribution in [3.63, 3.8) is 0 Å². The molecule has 1 rings (SSSR count). The van der Waals surface area contributed by atoms with E-state index < -0.39 is 0 Å². The van der Waals surface area contributed by atoms with Crippen LogP contribution in [0.4, 0.5) is 0 Å². The van der Waals surface area contributed by atoms with Crippen molar-refractivity contribution in [1.29, 1.82) is 0 Å². The Hall–Kier alpha value is -0.0800. The zero-order valence-corrected chi connectivity index (χ0v) is 13.4. The lowest BCUT2D eigenvalue weighted by Crippen LogP contribution is -2.57. The summed E-state index contributed by atoms with van der Waals surface area (Å²) < 4.78 is 0. The number of hydrogen-bond acceptors (Lipinski definition) is 2. The van der Waals surface area contributed by atoms with Gasteiger partial charge in [-0.1, -0.05) is 47.5 Å². The van der Waals surface area contributed by atoms with Gasteiger partial charge in [0.25, 0.3) is 0 Å². The summed E-state index contributed by atoms with van der Waals surface area (Å²) in [5.41, 5.74) is 6.67. The Morgan fingerprint density at radius 1 is 1.22 bits per heavy atom. The molecule has 1 aliphatic rings. The van der Waals surface area contributed by atoms with Crippen molar-refractivity contribution in [3.8, 4) is 0 Å². The van der Waals surface area contributed by atoms with Gasteiger partial charge in [0, 0.05) is 18.1 Å².